The predicted octanol–water partition coefficient (Wildman–Crippen LogP) is 0.578. The van der Waals surface area contributed by atoms with Crippen LogP contribution in [0.5, 0.6) is 0 Å². The fourth-order valence-corrected chi connectivity index (χ4v) is 0.817. The van der Waals surface area contributed by atoms with Crippen LogP contribution in [0.2, 0.25) is 0 Å². The predicted molar refractivity (Wildman–Crippen MR) is 43.2 cm³/mol. The second-order valence-electron chi connectivity index (χ2n) is 2.85. The Kier molecular flexibility index (Phi) is 2.59. The van der Waals surface area contributed by atoms with Crippen LogP contribution < -0.4 is 5.32 Å². The van der Waals surface area contributed by atoms with Crippen molar-refractivity contribution in [3.63, 3.8) is 0 Å². The van der Waals surface area contributed by atoms with Crippen molar-refractivity contribution in [2.75, 3.05) is 7.05 Å². The molecule has 0 atom stereocenters. The normalized spacial score (nSPS) is 10.9. The molecule has 1 N–H and O–H groups in total. The highest BCUT2D eigenvalue weighted by molar-refractivity contribution is 4.97. The molecule has 0 aliphatic carbocycles. The summed E-state index contributed by atoms with van der Waals surface area (Å²) in [4.78, 5) is 0. The molecule has 1 aromatic heterocycles. The number of aromatic nitrogens is 3. The lowest BCUT2D eigenvalue weighted by molar-refractivity contribution is 0.537. The maximum absolute atomic E-state index is 4.01. The summed E-state index contributed by atoms with van der Waals surface area (Å²) in [6, 6.07) is 0. The van der Waals surface area contributed by atoms with Gasteiger partial charge in [-0.3, -0.25) is 0 Å². The lowest BCUT2D eigenvalue weighted by Crippen LogP contribution is -2.13. The van der Waals surface area contributed by atoms with E-state index in [0.29, 0.717) is 5.92 Å². The molecule has 4 heteroatoms. The van der Waals surface area contributed by atoms with Gasteiger partial charge < -0.3 is 5.32 Å². The van der Waals surface area contributed by atoms with Crippen LogP contribution in [0, 0.1) is 0 Å². The van der Waals surface area contributed by atoms with E-state index < -0.39 is 0 Å². The summed E-state index contributed by atoms with van der Waals surface area (Å²) in [5, 5.41) is 10.9. The molecule has 0 bridgehead atoms. The third-order valence-electron chi connectivity index (χ3n) is 1.47. The monoisotopic (exact) mass is 154 g/mol. The minimum atomic E-state index is 0.459. The zero-order valence-electron chi connectivity index (χ0n) is 7.20. The molecule has 0 unspecified atom stereocenters. The standard InChI is InChI=1S/C7H14N4/c1-6(2)7-4-11(5-8-3)10-9-7/h4,6,8H,5H2,1-3H3. The largest absolute Gasteiger partial charge is 0.301 e. The minimum Gasteiger partial charge on any atom is -0.301 e. The molecule has 1 rings (SSSR count). The van der Waals surface area contributed by atoms with Crippen molar-refractivity contribution in [2.45, 2.75) is 26.4 Å². The molecular weight excluding hydrogens is 140 g/mol. The lowest BCUT2D eigenvalue weighted by Gasteiger charge is -1.96. The fraction of sp³-hybridized carbons (Fsp3) is 0.714. The first-order chi connectivity index (χ1) is 5.24. The van der Waals surface area contributed by atoms with Crippen molar-refractivity contribution >= 4 is 0 Å². The first-order valence-electron chi connectivity index (χ1n) is 3.78. The molecule has 0 fully saturated rings. The van der Waals surface area contributed by atoms with Gasteiger partial charge in [0.1, 0.15) is 0 Å². The Bertz CT molecular complexity index is 216. The zero-order valence-corrected chi connectivity index (χ0v) is 7.20. The van der Waals surface area contributed by atoms with Gasteiger partial charge in [0, 0.05) is 0 Å². The Morgan fingerprint density at radius 1 is 1.64 bits per heavy atom. The van der Waals surface area contributed by atoms with E-state index in [0.717, 1.165) is 12.4 Å². The lowest BCUT2D eigenvalue weighted by atomic mass is 10.2. The Balaban J connectivity index is 2.66. The summed E-state index contributed by atoms with van der Waals surface area (Å²) < 4.78 is 1.79. The van der Waals surface area contributed by atoms with Crippen molar-refractivity contribution < 1.29 is 0 Å². The van der Waals surface area contributed by atoms with E-state index in [4.69, 9.17) is 0 Å². The summed E-state index contributed by atoms with van der Waals surface area (Å²) in [6.07, 6.45) is 1.96. The molecule has 4 nitrogen and oxygen atoms in total. The van der Waals surface area contributed by atoms with Crippen LogP contribution in [0.1, 0.15) is 25.5 Å². The van der Waals surface area contributed by atoms with Gasteiger partial charge >= 0.3 is 0 Å². The average Bonchev–Trinajstić information content (AvgIpc) is 2.37. The van der Waals surface area contributed by atoms with Gasteiger partial charge in [-0.15, -0.1) is 5.10 Å². The third-order valence-corrected chi connectivity index (χ3v) is 1.47. The van der Waals surface area contributed by atoms with E-state index in [1.165, 1.54) is 0 Å². The minimum absolute atomic E-state index is 0.459. The van der Waals surface area contributed by atoms with E-state index in [-0.39, 0.29) is 0 Å². The molecule has 0 aliphatic heterocycles. The molecule has 1 heterocycles. The van der Waals surface area contributed by atoms with Gasteiger partial charge in [0.25, 0.3) is 0 Å². The summed E-state index contributed by atoms with van der Waals surface area (Å²) >= 11 is 0. The average molecular weight is 154 g/mol. The first kappa shape index (κ1) is 8.20. The molecule has 0 saturated heterocycles. The Labute approximate surface area is 66.6 Å². The van der Waals surface area contributed by atoms with Crippen LogP contribution in [0.25, 0.3) is 0 Å². The highest BCUT2D eigenvalue weighted by Gasteiger charge is 2.02. The molecule has 1 aromatic rings. The van der Waals surface area contributed by atoms with Gasteiger partial charge in [0.05, 0.1) is 18.6 Å². The second kappa shape index (κ2) is 3.48. The second-order valence-corrected chi connectivity index (χ2v) is 2.85. The maximum Gasteiger partial charge on any atom is 0.0919 e. The Hall–Kier alpha value is -0.900. The number of rotatable bonds is 3. The Morgan fingerprint density at radius 2 is 2.36 bits per heavy atom. The van der Waals surface area contributed by atoms with Gasteiger partial charge in [-0.05, 0) is 13.0 Å². The van der Waals surface area contributed by atoms with Crippen LogP contribution >= 0.6 is 0 Å². The van der Waals surface area contributed by atoms with Crippen LogP contribution in [-0.2, 0) is 6.67 Å². The van der Waals surface area contributed by atoms with Crippen molar-refractivity contribution in [3.05, 3.63) is 11.9 Å². The number of nitrogens with zero attached hydrogens (tertiary/aromatic N) is 3. The van der Waals surface area contributed by atoms with Crippen molar-refractivity contribution in [2.24, 2.45) is 0 Å². The molecule has 0 amide bonds. The number of nitrogens with one attached hydrogen (secondary N) is 1. The maximum atomic E-state index is 4.01. The zero-order chi connectivity index (χ0) is 8.27. The van der Waals surface area contributed by atoms with Crippen molar-refractivity contribution in [1.29, 1.82) is 0 Å². The smallest absolute Gasteiger partial charge is 0.0919 e. The molecular formula is C7H14N4. The molecule has 62 valence electrons. The summed E-state index contributed by atoms with van der Waals surface area (Å²) in [6.45, 7) is 4.93. The van der Waals surface area contributed by atoms with Crippen LogP contribution in [-0.4, -0.2) is 22.0 Å². The summed E-state index contributed by atoms with van der Waals surface area (Å²) in [5.74, 6) is 0.459. The highest BCUT2D eigenvalue weighted by atomic mass is 15.4. The van der Waals surface area contributed by atoms with Crippen LogP contribution in [0.15, 0.2) is 6.20 Å². The molecule has 0 saturated carbocycles. The highest BCUT2D eigenvalue weighted by Crippen LogP contribution is 2.08. The van der Waals surface area contributed by atoms with Gasteiger partial charge in [-0.1, -0.05) is 19.1 Å². The van der Waals surface area contributed by atoms with Crippen molar-refractivity contribution in [1.82, 2.24) is 20.3 Å². The van der Waals surface area contributed by atoms with E-state index in [1.807, 2.05) is 13.2 Å². The third kappa shape index (κ3) is 2.01. The van der Waals surface area contributed by atoms with E-state index in [1.54, 1.807) is 4.68 Å². The van der Waals surface area contributed by atoms with Crippen LogP contribution in [0.3, 0.4) is 0 Å². The molecule has 0 spiro atoms. The van der Waals surface area contributed by atoms with Crippen LogP contribution in [0.4, 0.5) is 0 Å². The molecule has 11 heavy (non-hydrogen) atoms. The number of hydrogen-bond donors (Lipinski definition) is 1. The molecule has 0 radical (unpaired) electrons. The van der Waals surface area contributed by atoms with Gasteiger partial charge in [0.15, 0.2) is 0 Å². The SMILES string of the molecule is CNCn1cc(C(C)C)nn1. The first-order valence-corrected chi connectivity index (χ1v) is 3.78. The van der Waals surface area contributed by atoms with Gasteiger partial charge in [-0.25, -0.2) is 4.68 Å². The Morgan fingerprint density at radius 3 is 2.82 bits per heavy atom. The van der Waals surface area contributed by atoms with E-state index >= 15 is 0 Å². The van der Waals surface area contributed by atoms with Crippen molar-refractivity contribution in [3.8, 4) is 0 Å². The molecule has 0 aliphatic rings. The summed E-state index contributed by atoms with van der Waals surface area (Å²) in [5.41, 5.74) is 1.04. The number of hydrogen-bond acceptors (Lipinski definition) is 3. The fourth-order valence-electron chi connectivity index (χ4n) is 0.817. The van der Waals surface area contributed by atoms with E-state index in [2.05, 4.69) is 29.5 Å². The van der Waals surface area contributed by atoms with Gasteiger partial charge in [-0.2, -0.15) is 0 Å². The quantitative estimate of drug-likeness (QED) is 0.692. The van der Waals surface area contributed by atoms with Gasteiger partial charge in [0.2, 0.25) is 0 Å². The summed E-state index contributed by atoms with van der Waals surface area (Å²) in [7, 11) is 1.89. The van der Waals surface area contributed by atoms with E-state index in [9.17, 15) is 0 Å². The molecule has 0 aromatic carbocycles. The topological polar surface area (TPSA) is 42.7 Å².